The largest absolute Gasteiger partial charge is 0.416 e. The topological polar surface area (TPSA) is 24.9 Å². The lowest BCUT2D eigenvalue weighted by Gasteiger charge is -2.12. The van der Waals surface area contributed by atoms with Crippen LogP contribution >= 0.6 is 0 Å². The number of hydrogen-bond donors (Lipinski definition) is 1. The van der Waals surface area contributed by atoms with Crippen LogP contribution < -0.4 is 5.32 Å². The highest BCUT2D eigenvalue weighted by Gasteiger charge is 2.30. The Morgan fingerprint density at radius 1 is 1.44 bits per heavy atom. The summed E-state index contributed by atoms with van der Waals surface area (Å²) in [5, 5.41) is 2.90. The van der Waals surface area contributed by atoms with Gasteiger partial charge in [-0.15, -0.1) is 0 Å². The van der Waals surface area contributed by atoms with Crippen LogP contribution in [0.1, 0.15) is 25.8 Å². The Morgan fingerprint density at radius 2 is 2.12 bits per heavy atom. The Hall–Kier alpha value is -1.26. The molecule has 0 aromatic carbocycles. The van der Waals surface area contributed by atoms with Gasteiger partial charge in [0.05, 0.1) is 5.56 Å². The van der Waals surface area contributed by atoms with E-state index in [0.29, 0.717) is 12.5 Å². The van der Waals surface area contributed by atoms with Crippen molar-refractivity contribution < 1.29 is 13.2 Å². The predicted octanol–water partition coefficient (Wildman–Crippen LogP) is 3.56. The zero-order chi connectivity index (χ0) is 12.2. The van der Waals surface area contributed by atoms with E-state index in [9.17, 15) is 13.2 Å². The number of nitrogens with zero attached hydrogens (tertiary/aromatic N) is 1. The van der Waals surface area contributed by atoms with E-state index < -0.39 is 11.7 Å². The molecule has 2 nitrogen and oxygen atoms in total. The molecule has 1 aromatic rings. The lowest BCUT2D eigenvalue weighted by Crippen LogP contribution is -2.12. The molecular weight excluding hydrogens is 217 g/mol. The van der Waals surface area contributed by atoms with Crippen molar-refractivity contribution in [2.75, 3.05) is 11.9 Å². The maximum Gasteiger partial charge on any atom is 0.416 e. The third-order valence-electron chi connectivity index (χ3n) is 2.42. The number of rotatable bonds is 4. The Morgan fingerprint density at radius 3 is 2.69 bits per heavy atom. The van der Waals surface area contributed by atoms with Crippen LogP contribution in [0, 0.1) is 5.92 Å². The average molecular weight is 232 g/mol. The Bertz CT molecular complexity index is 336. The Labute approximate surface area is 92.9 Å². The maximum absolute atomic E-state index is 12.4. The number of alkyl halides is 3. The first-order chi connectivity index (χ1) is 7.43. The lowest BCUT2D eigenvalue weighted by molar-refractivity contribution is -0.137. The van der Waals surface area contributed by atoms with Crippen LogP contribution in [0.5, 0.6) is 0 Å². The molecule has 0 radical (unpaired) electrons. The molecule has 90 valence electrons. The Balaban J connectivity index is 2.68. The van der Waals surface area contributed by atoms with Crippen molar-refractivity contribution in [2.24, 2.45) is 5.92 Å². The Kier molecular flexibility index (Phi) is 4.15. The van der Waals surface area contributed by atoms with Crippen molar-refractivity contribution >= 4 is 5.82 Å². The van der Waals surface area contributed by atoms with Crippen molar-refractivity contribution in [1.82, 2.24) is 4.98 Å². The fourth-order valence-corrected chi connectivity index (χ4v) is 1.13. The van der Waals surface area contributed by atoms with Crippen LogP contribution in [0.4, 0.5) is 19.0 Å². The normalized spacial score (nSPS) is 13.6. The first kappa shape index (κ1) is 12.8. The van der Waals surface area contributed by atoms with Crippen LogP contribution in [0.15, 0.2) is 18.3 Å². The third-order valence-corrected chi connectivity index (χ3v) is 2.42. The highest BCUT2D eigenvalue weighted by atomic mass is 19.4. The number of anilines is 1. The number of halogens is 3. The van der Waals surface area contributed by atoms with Crippen LogP contribution in [-0.4, -0.2) is 11.5 Å². The summed E-state index contributed by atoms with van der Waals surface area (Å²) in [5.74, 6) is 0.687. The predicted molar refractivity (Wildman–Crippen MR) is 57.2 cm³/mol. The monoisotopic (exact) mass is 232 g/mol. The summed E-state index contributed by atoms with van der Waals surface area (Å²) in [4.78, 5) is 3.85. The van der Waals surface area contributed by atoms with Gasteiger partial charge in [-0.25, -0.2) is 4.98 Å². The van der Waals surface area contributed by atoms with Gasteiger partial charge in [-0.05, 0) is 18.1 Å². The smallest absolute Gasteiger partial charge is 0.370 e. The molecule has 5 heteroatoms. The van der Waals surface area contributed by atoms with E-state index in [2.05, 4.69) is 10.3 Å². The molecule has 0 spiro atoms. The van der Waals surface area contributed by atoms with Gasteiger partial charge in [-0.1, -0.05) is 20.3 Å². The van der Waals surface area contributed by atoms with Gasteiger partial charge in [0.25, 0.3) is 0 Å². The second-order valence-corrected chi connectivity index (χ2v) is 3.82. The molecule has 1 unspecified atom stereocenters. The minimum atomic E-state index is -4.31. The molecule has 1 heterocycles. The van der Waals surface area contributed by atoms with Gasteiger partial charge < -0.3 is 5.32 Å². The molecule has 0 fully saturated rings. The van der Waals surface area contributed by atoms with Gasteiger partial charge >= 0.3 is 6.18 Å². The molecule has 1 aromatic heterocycles. The molecule has 0 bridgehead atoms. The zero-order valence-electron chi connectivity index (χ0n) is 9.30. The van der Waals surface area contributed by atoms with E-state index >= 15 is 0 Å². The van der Waals surface area contributed by atoms with Crippen LogP contribution in [0.25, 0.3) is 0 Å². The number of nitrogens with one attached hydrogen (secondary N) is 1. The van der Waals surface area contributed by atoms with E-state index in [1.807, 2.05) is 13.8 Å². The van der Waals surface area contributed by atoms with Gasteiger partial charge in [-0.3, -0.25) is 0 Å². The van der Waals surface area contributed by atoms with Crippen LogP contribution in [0.3, 0.4) is 0 Å². The first-order valence-corrected chi connectivity index (χ1v) is 5.20. The van der Waals surface area contributed by atoms with E-state index in [1.54, 1.807) is 0 Å². The van der Waals surface area contributed by atoms with Crippen molar-refractivity contribution in [3.63, 3.8) is 0 Å². The zero-order valence-corrected chi connectivity index (χ0v) is 9.30. The molecule has 1 rings (SSSR count). The minimum Gasteiger partial charge on any atom is -0.370 e. The highest BCUT2D eigenvalue weighted by molar-refractivity contribution is 5.38. The summed E-state index contributed by atoms with van der Waals surface area (Å²) >= 11 is 0. The summed E-state index contributed by atoms with van der Waals surface area (Å²) in [7, 11) is 0. The molecule has 0 aliphatic rings. The third kappa shape index (κ3) is 3.72. The summed E-state index contributed by atoms with van der Waals surface area (Å²) < 4.78 is 37.1. The van der Waals surface area contributed by atoms with Gasteiger partial charge in [0.15, 0.2) is 0 Å². The van der Waals surface area contributed by atoms with Crippen molar-refractivity contribution in [3.8, 4) is 0 Å². The summed E-state index contributed by atoms with van der Waals surface area (Å²) in [6.07, 6.45) is -2.16. The standard InChI is InChI=1S/C11H15F3N2/c1-3-8(2)7-16-10-6-9(4-5-15-10)11(12,13)14/h4-6,8H,3,7H2,1-2H3,(H,15,16). The number of hydrogen-bond acceptors (Lipinski definition) is 2. The minimum absolute atomic E-state index is 0.273. The molecule has 1 atom stereocenters. The van der Waals surface area contributed by atoms with Gasteiger partial charge in [0.1, 0.15) is 5.82 Å². The van der Waals surface area contributed by atoms with Crippen molar-refractivity contribution in [3.05, 3.63) is 23.9 Å². The van der Waals surface area contributed by atoms with Crippen LogP contribution in [0.2, 0.25) is 0 Å². The van der Waals surface area contributed by atoms with Crippen LogP contribution in [-0.2, 0) is 6.18 Å². The molecule has 0 aliphatic heterocycles. The summed E-state index contributed by atoms with van der Waals surface area (Å²) in [6.45, 7) is 4.69. The van der Waals surface area contributed by atoms with E-state index in [0.717, 1.165) is 18.6 Å². The highest BCUT2D eigenvalue weighted by Crippen LogP contribution is 2.29. The second-order valence-electron chi connectivity index (χ2n) is 3.82. The quantitative estimate of drug-likeness (QED) is 0.858. The van der Waals surface area contributed by atoms with E-state index in [-0.39, 0.29) is 5.82 Å². The van der Waals surface area contributed by atoms with Crippen molar-refractivity contribution in [2.45, 2.75) is 26.4 Å². The van der Waals surface area contributed by atoms with Gasteiger partial charge in [-0.2, -0.15) is 13.2 Å². The molecular formula is C11H15F3N2. The van der Waals surface area contributed by atoms with Gasteiger partial charge in [0, 0.05) is 12.7 Å². The summed E-state index contributed by atoms with van der Waals surface area (Å²) in [6, 6.07) is 2.00. The summed E-state index contributed by atoms with van der Waals surface area (Å²) in [5.41, 5.74) is -0.672. The fourth-order valence-electron chi connectivity index (χ4n) is 1.13. The molecule has 0 amide bonds. The maximum atomic E-state index is 12.4. The van der Waals surface area contributed by atoms with E-state index in [1.165, 1.54) is 6.20 Å². The van der Waals surface area contributed by atoms with Gasteiger partial charge in [0.2, 0.25) is 0 Å². The molecule has 16 heavy (non-hydrogen) atoms. The van der Waals surface area contributed by atoms with Crippen molar-refractivity contribution in [1.29, 1.82) is 0 Å². The first-order valence-electron chi connectivity index (χ1n) is 5.20. The number of aromatic nitrogens is 1. The molecule has 0 aliphatic carbocycles. The number of pyridine rings is 1. The molecule has 0 saturated heterocycles. The SMILES string of the molecule is CCC(C)CNc1cc(C(F)(F)F)ccn1. The second kappa shape index (κ2) is 5.18. The molecule has 1 N–H and O–H groups in total. The average Bonchev–Trinajstić information content (AvgIpc) is 2.25. The molecule has 0 saturated carbocycles. The van der Waals surface area contributed by atoms with E-state index in [4.69, 9.17) is 0 Å². The fraction of sp³-hybridized carbons (Fsp3) is 0.545. The lowest BCUT2D eigenvalue weighted by atomic mass is 10.1.